The zero-order valence-electron chi connectivity index (χ0n) is 16.5. The second kappa shape index (κ2) is 7.58. The van der Waals surface area contributed by atoms with Crippen molar-refractivity contribution in [2.24, 2.45) is 0 Å². The number of hydrogen-bond donors (Lipinski definition) is 0. The summed E-state index contributed by atoms with van der Waals surface area (Å²) < 4.78 is 22.9. The van der Waals surface area contributed by atoms with Gasteiger partial charge in [-0.15, -0.1) is 0 Å². The van der Waals surface area contributed by atoms with Gasteiger partial charge < -0.3 is 18.9 Å². The van der Waals surface area contributed by atoms with Crippen LogP contribution >= 0.6 is 0 Å². The van der Waals surface area contributed by atoms with Gasteiger partial charge in [-0.2, -0.15) is 0 Å². The lowest BCUT2D eigenvalue weighted by atomic mass is 9.81. The van der Waals surface area contributed by atoms with Gasteiger partial charge in [-0.3, -0.25) is 0 Å². The van der Waals surface area contributed by atoms with Gasteiger partial charge >= 0.3 is 0 Å². The fourth-order valence-electron chi connectivity index (χ4n) is 3.97. The molecule has 0 bridgehead atoms. The highest BCUT2D eigenvalue weighted by Gasteiger charge is 2.34. The maximum Gasteiger partial charge on any atom is 0.161 e. The molecule has 0 radical (unpaired) electrons. The standard InChI is InChI=1S/C22H28O4/c1-7-16-14(3)26-22(15-8-9-19(23-4)13(2)10-15)18-12-21(25-6)20(24-5)11-17(16)18/h8-12,14,16,22H,7H2,1-6H3. The number of rotatable bonds is 5. The summed E-state index contributed by atoms with van der Waals surface area (Å²) in [5, 5.41) is 0. The third-order valence-corrected chi connectivity index (χ3v) is 5.35. The molecule has 0 fully saturated rings. The predicted molar refractivity (Wildman–Crippen MR) is 103 cm³/mol. The van der Waals surface area contributed by atoms with Crippen LogP contribution < -0.4 is 14.2 Å². The number of benzene rings is 2. The van der Waals surface area contributed by atoms with Gasteiger partial charge in [-0.25, -0.2) is 0 Å². The van der Waals surface area contributed by atoms with Crippen molar-refractivity contribution in [1.82, 2.24) is 0 Å². The fraction of sp³-hybridized carbons (Fsp3) is 0.455. The van der Waals surface area contributed by atoms with Crippen molar-refractivity contribution in [3.8, 4) is 17.2 Å². The minimum Gasteiger partial charge on any atom is -0.496 e. The van der Waals surface area contributed by atoms with E-state index in [1.807, 2.05) is 6.07 Å². The SMILES string of the molecule is CCC1c2cc(OC)c(OC)cc2C(c2ccc(OC)c(C)c2)OC1C. The maximum absolute atomic E-state index is 6.47. The minimum absolute atomic E-state index is 0.123. The monoisotopic (exact) mass is 356 g/mol. The number of aryl methyl sites for hydroxylation is 1. The van der Waals surface area contributed by atoms with Crippen LogP contribution in [0.4, 0.5) is 0 Å². The van der Waals surface area contributed by atoms with E-state index in [1.165, 1.54) is 5.56 Å². The Kier molecular flexibility index (Phi) is 5.42. The Morgan fingerprint density at radius 2 is 1.50 bits per heavy atom. The molecule has 1 aliphatic heterocycles. The number of fused-ring (bicyclic) bond motifs is 1. The van der Waals surface area contributed by atoms with E-state index in [9.17, 15) is 0 Å². The van der Waals surface area contributed by atoms with Crippen molar-refractivity contribution < 1.29 is 18.9 Å². The summed E-state index contributed by atoms with van der Waals surface area (Å²) >= 11 is 0. The lowest BCUT2D eigenvalue weighted by Crippen LogP contribution is -2.29. The maximum atomic E-state index is 6.47. The van der Waals surface area contributed by atoms with E-state index in [2.05, 4.69) is 45.0 Å². The smallest absolute Gasteiger partial charge is 0.161 e. The van der Waals surface area contributed by atoms with Gasteiger partial charge in [0, 0.05) is 5.92 Å². The molecule has 2 aromatic carbocycles. The van der Waals surface area contributed by atoms with Crippen molar-refractivity contribution in [2.75, 3.05) is 21.3 Å². The van der Waals surface area contributed by atoms with Crippen LogP contribution in [-0.2, 0) is 4.74 Å². The average molecular weight is 356 g/mol. The highest BCUT2D eigenvalue weighted by atomic mass is 16.5. The largest absolute Gasteiger partial charge is 0.496 e. The normalized spacial score (nSPS) is 21.8. The Morgan fingerprint density at radius 3 is 2.04 bits per heavy atom. The molecule has 4 heteroatoms. The van der Waals surface area contributed by atoms with E-state index in [4.69, 9.17) is 18.9 Å². The highest BCUT2D eigenvalue weighted by Crippen LogP contribution is 2.46. The van der Waals surface area contributed by atoms with Crippen LogP contribution in [-0.4, -0.2) is 27.4 Å². The zero-order chi connectivity index (χ0) is 18.8. The zero-order valence-corrected chi connectivity index (χ0v) is 16.5. The molecule has 0 N–H and O–H groups in total. The van der Waals surface area contributed by atoms with Crippen molar-refractivity contribution in [1.29, 1.82) is 0 Å². The summed E-state index contributed by atoms with van der Waals surface area (Å²) in [5.41, 5.74) is 4.65. The van der Waals surface area contributed by atoms with E-state index >= 15 is 0 Å². The molecule has 1 aliphatic rings. The second-order valence-electron chi connectivity index (χ2n) is 6.80. The molecule has 0 aliphatic carbocycles. The first-order valence-corrected chi connectivity index (χ1v) is 9.09. The molecule has 4 nitrogen and oxygen atoms in total. The second-order valence-corrected chi connectivity index (χ2v) is 6.80. The Labute approximate surface area is 156 Å². The first-order chi connectivity index (χ1) is 12.5. The van der Waals surface area contributed by atoms with Gasteiger partial charge in [0.25, 0.3) is 0 Å². The summed E-state index contributed by atoms with van der Waals surface area (Å²) in [7, 11) is 5.04. The van der Waals surface area contributed by atoms with Crippen molar-refractivity contribution >= 4 is 0 Å². The van der Waals surface area contributed by atoms with Crippen LogP contribution in [0.3, 0.4) is 0 Å². The molecule has 3 rings (SSSR count). The molecule has 0 saturated carbocycles. The number of hydrogen-bond acceptors (Lipinski definition) is 4. The molecular weight excluding hydrogens is 328 g/mol. The Hall–Kier alpha value is -2.20. The van der Waals surface area contributed by atoms with Crippen LogP contribution in [0.15, 0.2) is 30.3 Å². The fourth-order valence-corrected chi connectivity index (χ4v) is 3.97. The molecule has 3 unspecified atom stereocenters. The first kappa shape index (κ1) is 18.6. The van der Waals surface area contributed by atoms with Crippen LogP contribution in [0, 0.1) is 6.92 Å². The lowest BCUT2D eigenvalue weighted by Gasteiger charge is -2.37. The van der Waals surface area contributed by atoms with Gasteiger partial charge in [0.15, 0.2) is 11.5 Å². The van der Waals surface area contributed by atoms with Crippen LogP contribution in [0.2, 0.25) is 0 Å². The van der Waals surface area contributed by atoms with Gasteiger partial charge in [0.05, 0.1) is 27.4 Å². The van der Waals surface area contributed by atoms with Crippen molar-refractivity contribution in [3.63, 3.8) is 0 Å². The molecule has 0 aromatic heterocycles. The Morgan fingerprint density at radius 1 is 0.885 bits per heavy atom. The molecular formula is C22H28O4. The molecule has 140 valence electrons. The van der Waals surface area contributed by atoms with E-state index < -0.39 is 0 Å². The summed E-state index contributed by atoms with van der Waals surface area (Å²) in [6, 6.07) is 10.4. The molecule has 1 heterocycles. The van der Waals surface area contributed by atoms with Crippen LogP contribution in [0.5, 0.6) is 17.2 Å². The predicted octanol–water partition coefficient (Wildman–Crippen LogP) is 5.02. The van der Waals surface area contributed by atoms with Gasteiger partial charge in [-0.05, 0) is 66.8 Å². The molecule has 0 saturated heterocycles. The number of ether oxygens (including phenoxy) is 4. The average Bonchev–Trinajstić information content (AvgIpc) is 2.66. The van der Waals surface area contributed by atoms with Gasteiger partial charge in [0.2, 0.25) is 0 Å². The van der Waals surface area contributed by atoms with Crippen LogP contribution in [0.1, 0.15) is 54.5 Å². The molecule has 26 heavy (non-hydrogen) atoms. The third kappa shape index (κ3) is 3.14. The van der Waals surface area contributed by atoms with E-state index in [-0.39, 0.29) is 12.2 Å². The van der Waals surface area contributed by atoms with Crippen LogP contribution in [0.25, 0.3) is 0 Å². The van der Waals surface area contributed by atoms with Crippen molar-refractivity contribution in [2.45, 2.75) is 45.3 Å². The minimum atomic E-state index is -0.132. The van der Waals surface area contributed by atoms with Crippen molar-refractivity contribution in [3.05, 3.63) is 52.6 Å². The summed E-state index contributed by atoms with van der Waals surface area (Å²) in [4.78, 5) is 0. The lowest BCUT2D eigenvalue weighted by molar-refractivity contribution is -0.0122. The quantitative estimate of drug-likeness (QED) is 0.753. The van der Waals surface area contributed by atoms with E-state index in [0.29, 0.717) is 5.92 Å². The molecule has 0 amide bonds. The Bertz CT molecular complexity index is 784. The molecule has 2 aromatic rings. The third-order valence-electron chi connectivity index (χ3n) is 5.35. The summed E-state index contributed by atoms with van der Waals surface area (Å²) in [6.07, 6.45) is 1.00. The molecule has 3 atom stereocenters. The molecule has 0 spiro atoms. The van der Waals surface area contributed by atoms with Gasteiger partial charge in [-0.1, -0.05) is 13.0 Å². The summed E-state index contributed by atoms with van der Waals surface area (Å²) in [5.74, 6) is 2.72. The highest BCUT2D eigenvalue weighted by molar-refractivity contribution is 5.53. The van der Waals surface area contributed by atoms with E-state index in [1.54, 1.807) is 21.3 Å². The van der Waals surface area contributed by atoms with E-state index in [0.717, 1.165) is 40.4 Å². The Balaban J connectivity index is 2.15. The first-order valence-electron chi connectivity index (χ1n) is 9.09. The van der Waals surface area contributed by atoms with Gasteiger partial charge in [0.1, 0.15) is 11.9 Å². The topological polar surface area (TPSA) is 36.9 Å². The number of methoxy groups -OCH3 is 3. The summed E-state index contributed by atoms with van der Waals surface area (Å²) in [6.45, 7) is 6.40.